The maximum Gasteiger partial charge on any atom is 0.0873 e. The SMILES string of the molecule is Cc1ccc(Br)cc1C(O)C(C)c1ccccn1. The van der Waals surface area contributed by atoms with E-state index in [9.17, 15) is 5.11 Å². The van der Waals surface area contributed by atoms with Crippen LogP contribution in [0.25, 0.3) is 0 Å². The van der Waals surface area contributed by atoms with Crippen LogP contribution < -0.4 is 0 Å². The van der Waals surface area contributed by atoms with E-state index in [4.69, 9.17) is 0 Å². The van der Waals surface area contributed by atoms with Crippen LogP contribution in [-0.4, -0.2) is 10.1 Å². The molecule has 2 atom stereocenters. The first-order valence-electron chi connectivity index (χ1n) is 5.94. The number of rotatable bonds is 3. The monoisotopic (exact) mass is 305 g/mol. The van der Waals surface area contributed by atoms with Gasteiger partial charge in [0, 0.05) is 22.3 Å². The van der Waals surface area contributed by atoms with E-state index in [1.54, 1.807) is 6.20 Å². The highest BCUT2D eigenvalue weighted by molar-refractivity contribution is 9.10. The fourth-order valence-corrected chi connectivity index (χ4v) is 2.39. The molecule has 2 aromatic rings. The lowest BCUT2D eigenvalue weighted by atomic mass is 9.91. The molecule has 0 radical (unpaired) electrons. The van der Waals surface area contributed by atoms with E-state index in [-0.39, 0.29) is 5.92 Å². The van der Waals surface area contributed by atoms with E-state index in [0.717, 1.165) is 21.3 Å². The average molecular weight is 306 g/mol. The van der Waals surface area contributed by atoms with Crippen LogP contribution >= 0.6 is 15.9 Å². The van der Waals surface area contributed by atoms with Gasteiger partial charge in [-0.05, 0) is 42.3 Å². The summed E-state index contributed by atoms with van der Waals surface area (Å²) in [5.74, 6) is -0.0285. The number of halogens is 1. The predicted molar refractivity (Wildman–Crippen MR) is 76.5 cm³/mol. The van der Waals surface area contributed by atoms with E-state index in [2.05, 4.69) is 20.9 Å². The highest BCUT2D eigenvalue weighted by Crippen LogP contribution is 2.32. The normalized spacial score (nSPS) is 14.2. The molecule has 1 heterocycles. The van der Waals surface area contributed by atoms with Crippen LogP contribution in [0, 0.1) is 6.92 Å². The summed E-state index contributed by atoms with van der Waals surface area (Å²) in [4.78, 5) is 4.31. The molecule has 94 valence electrons. The van der Waals surface area contributed by atoms with Crippen molar-refractivity contribution in [3.05, 3.63) is 63.9 Å². The molecule has 3 heteroatoms. The summed E-state index contributed by atoms with van der Waals surface area (Å²) in [5.41, 5.74) is 2.94. The number of aryl methyl sites for hydroxylation is 1. The lowest BCUT2D eigenvalue weighted by Crippen LogP contribution is -2.10. The Bertz CT molecular complexity index is 527. The van der Waals surface area contributed by atoms with E-state index in [1.807, 2.05) is 50.2 Å². The summed E-state index contributed by atoms with van der Waals surface area (Å²) in [5, 5.41) is 10.5. The molecule has 0 bridgehead atoms. The number of nitrogens with zero attached hydrogens (tertiary/aromatic N) is 1. The maximum atomic E-state index is 10.5. The van der Waals surface area contributed by atoms with Crippen LogP contribution in [0.3, 0.4) is 0 Å². The van der Waals surface area contributed by atoms with Gasteiger partial charge in [0.2, 0.25) is 0 Å². The van der Waals surface area contributed by atoms with Crippen molar-refractivity contribution >= 4 is 15.9 Å². The molecule has 1 N–H and O–H groups in total. The van der Waals surface area contributed by atoms with Gasteiger partial charge in [-0.15, -0.1) is 0 Å². The zero-order valence-corrected chi connectivity index (χ0v) is 12.1. The molecule has 0 aliphatic rings. The van der Waals surface area contributed by atoms with Gasteiger partial charge in [0.25, 0.3) is 0 Å². The van der Waals surface area contributed by atoms with Crippen LogP contribution in [0.5, 0.6) is 0 Å². The number of aliphatic hydroxyl groups is 1. The van der Waals surface area contributed by atoms with Gasteiger partial charge in [-0.1, -0.05) is 35.0 Å². The molecule has 0 saturated heterocycles. The first-order valence-corrected chi connectivity index (χ1v) is 6.74. The Morgan fingerprint density at radius 1 is 1.22 bits per heavy atom. The van der Waals surface area contributed by atoms with Gasteiger partial charge in [0.1, 0.15) is 0 Å². The van der Waals surface area contributed by atoms with Crippen LogP contribution in [0.15, 0.2) is 47.1 Å². The number of hydrogen-bond donors (Lipinski definition) is 1. The van der Waals surface area contributed by atoms with E-state index >= 15 is 0 Å². The van der Waals surface area contributed by atoms with E-state index < -0.39 is 6.10 Å². The zero-order chi connectivity index (χ0) is 13.1. The molecular formula is C15H16BrNO. The fraction of sp³-hybridized carbons (Fsp3) is 0.267. The van der Waals surface area contributed by atoms with Crippen molar-refractivity contribution in [1.82, 2.24) is 4.98 Å². The molecule has 0 saturated carbocycles. The van der Waals surface area contributed by atoms with Gasteiger partial charge in [0.15, 0.2) is 0 Å². The molecule has 2 rings (SSSR count). The van der Waals surface area contributed by atoms with Gasteiger partial charge in [-0.2, -0.15) is 0 Å². The summed E-state index contributed by atoms with van der Waals surface area (Å²) in [7, 11) is 0. The fourth-order valence-electron chi connectivity index (χ4n) is 2.01. The topological polar surface area (TPSA) is 33.1 Å². The third-order valence-electron chi connectivity index (χ3n) is 3.19. The first-order chi connectivity index (χ1) is 8.59. The Labute approximate surface area is 116 Å². The van der Waals surface area contributed by atoms with Crippen LogP contribution in [-0.2, 0) is 0 Å². The Morgan fingerprint density at radius 3 is 2.67 bits per heavy atom. The Kier molecular flexibility index (Phi) is 4.15. The van der Waals surface area contributed by atoms with Crippen molar-refractivity contribution in [2.24, 2.45) is 0 Å². The van der Waals surface area contributed by atoms with Crippen molar-refractivity contribution in [3.63, 3.8) is 0 Å². The molecule has 2 unspecified atom stereocenters. The van der Waals surface area contributed by atoms with E-state index in [0.29, 0.717) is 0 Å². The first kappa shape index (κ1) is 13.2. The molecule has 2 nitrogen and oxygen atoms in total. The Morgan fingerprint density at radius 2 is 2.00 bits per heavy atom. The van der Waals surface area contributed by atoms with E-state index in [1.165, 1.54) is 0 Å². The summed E-state index contributed by atoms with van der Waals surface area (Å²) >= 11 is 3.44. The van der Waals surface area contributed by atoms with Crippen molar-refractivity contribution in [3.8, 4) is 0 Å². The molecule has 0 fully saturated rings. The van der Waals surface area contributed by atoms with Crippen molar-refractivity contribution in [1.29, 1.82) is 0 Å². The van der Waals surface area contributed by atoms with Gasteiger partial charge in [-0.3, -0.25) is 4.98 Å². The smallest absolute Gasteiger partial charge is 0.0873 e. The molecular weight excluding hydrogens is 290 g/mol. The van der Waals surface area contributed by atoms with Crippen LogP contribution in [0.2, 0.25) is 0 Å². The van der Waals surface area contributed by atoms with Gasteiger partial charge >= 0.3 is 0 Å². The quantitative estimate of drug-likeness (QED) is 0.930. The van der Waals surface area contributed by atoms with Crippen molar-refractivity contribution < 1.29 is 5.11 Å². The number of hydrogen-bond acceptors (Lipinski definition) is 2. The summed E-state index contributed by atoms with van der Waals surface area (Å²) < 4.78 is 0.982. The highest BCUT2D eigenvalue weighted by Gasteiger charge is 2.20. The molecule has 0 aliphatic carbocycles. The second-order valence-corrected chi connectivity index (χ2v) is 5.40. The number of benzene rings is 1. The summed E-state index contributed by atoms with van der Waals surface area (Å²) in [6.45, 7) is 4.00. The largest absolute Gasteiger partial charge is 0.388 e. The standard InChI is InChI=1S/C15H16BrNO/c1-10-6-7-12(16)9-13(10)15(18)11(2)14-5-3-4-8-17-14/h3-9,11,15,18H,1-2H3. The number of pyridine rings is 1. The van der Waals surface area contributed by atoms with Gasteiger partial charge in [0.05, 0.1) is 6.10 Å². The molecule has 0 amide bonds. The third-order valence-corrected chi connectivity index (χ3v) is 3.68. The van der Waals surface area contributed by atoms with Crippen molar-refractivity contribution in [2.45, 2.75) is 25.9 Å². The second kappa shape index (κ2) is 5.63. The molecule has 1 aromatic carbocycles. The minimum Gasteiger partial charge on any atom is -0.388 e. The molecule has 1 aromatic heterocycles. The molecule has 0 aliphatic heterocycles. The second-order valence-electron chi connectivity index (χ2n) is 4.49. The summed E-state index contributed by atoms with van der Waals surface area (Å²) in [6.07, 6.45) is 1.21. The van der Waals surface area contributed by atoms with Crippen LogP contribution in [0.4, 0.5) is 0 Å². The van der Waals surface area contributed by atoms with Gasteiger partial charge < -0.3 is 5.11 Å². The van der Waals surface area contributed by atoms with Crippen molar-refractivity contribution in [2.75, 3.05) is 0 Å². The Balaban J connectivity index is 2.31. The minimum absolute atomic E-state index is 0.0285. The average Bonchev–Trinajstić information content (AvgIpc) is 2.41. The Hall–Kier alpha value is -1.19. The summed E-state index contributed by atoms with van der Waals surface area (Å²) in [6, 6.07) is 11.7. The predicted octanol–water partition coefficient (Wildman–Crippen LogP) is 3.99. The van der Waals surface area contributed by atoms with Crippen LogP contribution in [0.1, 0.15) is 35.8 Å². The zero-order valence-electron chi connectivity index (χ0n) is 10.5. The lowest BCUT2D eigenvalue weighted by molar-refractivity contribution is 0.149. The molecule has 18 heavy (non-hydrogen) atoms. The maximum absolute atomic E-state index is 10.5. The number of aromatic nitrogens is 1. The lowest BCUT2D eigenvalue weighted by Gasteiger charge is -2.20. The molecule has 0 spiro atoms. The number of aliphatic hydroxyl groups excluding tert-OH is 1. The minimum atomic E-state index is -0.544. The van der Waals surface area contributed by atoms with Gasteiger partial charge in [-0.25, -0.2) is 0 Å². The third kappa shape index (κ3) is 2.79. The highest BCUT2D eigenvalue weighted by atomic mass is 79.9.